The van der Waals surface area contributed by atoms with Gasteiger partial charge in [0, 0.05) is 5.57 Å². The molecule has 0 saturated heterocycles. The average molecular weight is 240 g/mol. The maximum absolute atomic E-state index is 11.7. The smallest absolute Gasteiger partial charge is 0.333 e. The van der Waals surface area contributed by atoms with Gasteiger partial charge in [-0.15, -0.1) is 0 Å². The Kier molecular flexibility index (Phi) is 8.83. The molecule has 1 atom stereocenters. The Balaban J connectivity index is 3.99. The summed E-state index contributed by atoms with van der Waals surface area (Å²) in [5.74, 6) is 0.747. The number of carbonyl (C=O) groups excluding carboxylic acids is 1. The molecule has 0 aliphatic rings. The van der Waals surface area contributed by atoms with Crippen molar-refractivity contribution in [1.82, 2.24) is 0 Å². The van der Waals surface area contributed by atoms with Gasteiger partial charge in [0.2, 0.25) is 0 Å². The van der Waals surface area contributed by atoms with Crippen molar-refractivity contribution in [2.75, 3.05) is 6.61 Å². The Morgan fingerprint density at radius 1 is 1.29 bits per heavy atom. The highest BCUT2D eigenvalue weighted by atomic mass is 16.5. The van der Waals surface area contributed by atoms with Crippen LogP contribution in [-0.4, -0.2) is 12.6 Å². The summed E-state index contributed by atoms with van der Waals surface area (Å²) < 4.78 is 5.18. The first-order valence-electron chi connectivity index (χ1n) is 6.86. The van der Waals surface area contributed by atoms with Gasteiger partial charge >= 0.3 is 5.97 Å². The summed E-state index contributed by atoms with van der Waals surface area (Å²) >= 11 is 0. The van der Waals surface area contributed by atoms with E-state index < -0.39 is 0 Å². The normalized spacial score (nSPS) is 12.5. The molecule has 2 nitrogen and oxygen atoms in total. The van der Waals surface area contributed by atoms with Crippen molar-refractivity contribution >= 4 is 5.97 Å². The van der Waals surface area contributed by atoms with Crippen LogP contribution in [0.5, 0.6) is 0 Å². The molecule has 0 bridgehead atoms. The number of hydrogen-bond donors (Lipinski definition) is 0. The van der Waals surface area contributed by atoms with Crippen molar-refractivity contribution in [2.24, 2.45) is 11.8 Å². The summed E-state index contributed by atoms with van der Waals surface area (Å²) in [6.07, 6.45) is 5.51. The Bertz CT molecular complexity index is 231. The monoisotopic (exact) mass is 240 g/mol. The van der Waals surface area contributed by atoms with Gasteiger partial charge in [-0.2, -0.15) is 0 Å². The summed E-state index contributed by atoms with van der Waals surface area (Å²) in [6, 6.07) is 0. The molecule has 2 heteroatoms. The molecule has 0 N–H and O–H groups in total. The van der Waals surface area contributed by atoms with E-state index in [0.717, 1.165) is 12.8 Å². The molecule has 0 aliphatic carbocycles. The number of rotatable bonds is 9. The van der Waals surface area contributed by atoms with Crippen molar-refractivity contribution in [3.05, 3.63) is 12.2 Å². The predicted octanol–water partition coefficient (Wildman–Crippen LogP) is 4.35. The van der Waals surface area contributed by atoms with E-state index in [-0.39, 0.29) is 5.97 Å². The molecule has 0 rings (SSSR count). The standard InChI is InChI=1S/C15H28O2/c1-6-8-9-14(7-2)10-13(5)15(16)17-11-12(3)4/h12,14H,5-11H2,1-4H3. The summed E-state index contributed by atoms with van der Waals surface area (Å²) in [5.41, 5.74) is 0.633. The Morgan fingerprint density at radius 2 is 1.94 bits per heavy atom. The number of ether oxygens (including phenoxy) is 1. The fourth-order valence-corrected chi connectivity index (χ4v) is 1.72. The lowest BCUT2D eigenvalue weighted by Crippen LogP contribution is -2.14. The minimum absolute atomic E-state index is 0.214. The van der Waals surface area contributed by atoms with Crippen LogP contribution >= 0.6 is 0 Å². The van der Waals surface area contributed by atoms with Crippen LogP contribution in [0.4, 0.5) is 0 Å². The second kappa shape index (κ2) is 9.26. The molecule has 0 aromatic heterocycles. The Morgan fingerprint density at radius 3 is 2.41 bits per heavy atom. The maximum Gasteiger partial charge on any atom is 0.333 e. The van der Waals surface area contributed by atoms with Gasteiger partial charge in [0.1, 0.15) is 0 Å². The Hall–Kier alpha value is -0.790. The molecule has 0 saturated carbocycles. The van der Waals surface area contributed by atoms with E-state index in [1.165, 1.54) is 19.3 Å². The molecule has 0 fully saturated rings. The quantitative estimate of drug-likeness (QED) is 0.442. The van der Waals surface area contributed by atoms with E-state index in [0.29, 0.717) is 24.0 Å². The third-order valence-corrected chi connectivity index (χ3v) is 2.91. The lowest BCUT2D eigenvalue weighted by molar-refractivity contribution is -0.140. The fraction of sp³-hybridized carbons (Fsp3) is 0.800. The van der Waals surface area contributed by atoms with Crippen LogP contribution in [0.2, 0.25) is 0 Å². The highest BCUT2D eigenvalue weighted by molar-refractivity contribution is 5.87. The van der Waals surface area contributed by atoms with E-state index in [9.17, 15) is 4.79 Å². The zero-order valence-corrected chi connectivity index (χ0v) is 11.9. The van der Waals surface area contributed by atoms with Gasteiger partial charge in [0.05, 0.1) is 6.61 Å². The van der Waals surface area contributed by atoms with Crippen LogP contribution in [0.1, 0.15) is 59.8 Å². The van der Waals surface area contributed by atoms with Gasteiger partial charge in [-0.05, 0) is 18.3 Å². The molecule has 0 aromatic carbocycles. The molecular weight excluding hydrogens is 212 g/mol. The number of unbranched alkanes of at least 4 members (excludes halogenated alkanes) is 1. The maximum atomic E-state index is 11.7. The van der Waals surface area contributed by atoms with Crippen molar-refractivity contribution in [1.29, 1.82) is 0 Å². The van der Waals surface area contributed by atoms with Crippen LogP contribution in [-0.2, 0) is 9.53 Å². The van der Waals surface area contributed by atoms with Crippen molar-refractivity contribution in [2.45, 2.75) is 59.8 Å². The number of esters is 1. The first kappa shape index (κ1) is 16.2. The van der Waals surface area contributed by atoms with Crippen molar-refractivity contribution < 1.29 is 9.53 Å². The molecule has 0 aromatic rings. The average Bonchev–Trinajstić information content (AvgIpc) is 2.30. The van der Waals surface area contributed by atoms with Crippen LogP contribution in [0.3, 0.4) is 0 Å². The van der Waals surface area contributed by atoms with Gasteiger partial charge in [0.15, 0.2) is 0 Å². The highest BCUT2D eigenvalue weighted by Gasteiger charge is 2.14. The second-order valence-corrected chi connectivity index (χ2v) is 5.22. The number of hydrogen-bond acceptors (Lipinski definition) is 2. The first-order chi connectivity index (χ1) is 8.01. The molecule has 1 unspecified atom stereocenters. The van der Waals surface area contributed by atoms with Crippen molar-refractivity contribution in [3.63, 3.8) is 0 Å². The topological polar surface area (TPSA) is 26.3 Å². The van der Waals surface area contributed by atoms with E-state index in [4.69, 9.17) is 4.74 Å². The molecule has 100 valence electrons. The lowest BCUT2D eigenvalue weighted by Gasteiger charge is -2.15. The minimum Gasteiger partial charge on any atom is -0.462 e. The lowest BCUT2D eigenvalue weighted by atomic mass is 9.92. The Labute approximate surface area is 106 Å². The van der Waals surface area contributed by atoms with E-state index >= 15 is 0 Å². The summed E-state index contributed by atoms with van der Waals surface area (Å²) in [5, 5.41) is 0. The third-order valence-electron chi connectivity index (χ3n) is 2.91. The minimum atomic E-state index is -0.214. The first-order valence-corrected chi connectivity index (χ1v) is 6.86. The molecule has 0 radical (unpaired) electrons. The van der Waals surface area contributed by atoms with E-state index in [2.05, 4.69) is 20.4 Å². The zero-order chi connectivity index (χ0) is 13.3. The third kappa shape index (κ3) is 8.00. The van der Waals surface area contributed by atoms with E-state index in [1.807, 2.05) is 13.8 Å². The summed E-state index contributed by atoms with van der Waals surface area (Å²) in [7, 11) is 0. The second-order valence-electron chi connectivity index (χ2n) is 5.22. The van der Waals surface area contributed by atoms with Gasteiger partial charge in [-0.3, -0.25) is 0 Å². The molecule has 0 amide bonds. The number of carbonyl (C=O) groups is 1. The van der Waals surface area contributed by atoms with Gasteiger partial charge in [-0.1, -0.05) is 60.0 Å². The molecular formula is C15H28O2. The predicted molar refractivity (Wildman–Crippen MR) is 72.9 cm³/mol. The van der Waals surface area contributed by atoms with Crippen LogP contribution in [0.15, 0.2) is 12.2 Å². The van der Waals surface area contributed by atoms with Crippen LogP contribution in [0, 0.1) is 11.8 Å². The molecule has 17 heavy (non-hydrogen) atoms. The summed E-state index contributed by atoms with van der Waals surface area (Å²) in [4.78, 5) is 11.7. The zero-order valence-electron chi connectivity index (χ0n) is 11.9. The SMILES string of the molecule is C=C(CC(CC)CCCC)C(=O)OCC(C)C. The van der Waals surface area contributed by atoms with Crippen LogP contribution in [0.25, 0.3) is 0 Å². The van der Waals surface area contributed by atoms with Gasteiger partial charge in [0.25, 0.3) is 0 Å². The summed E-state index contributed by atoms with van der Waals surface area (Å²) in [6.45, 7) is 12.8. The van der Waals surface area contributed by atoms with Gasteiger partial charge in [-0.25, -0.2) is 4.79 Å². The van der Waals surface area contributed by atoms with E-state index in [1.54, 1.807) is 0 Å². The van der Waals surface area contributed by atoms with Gasteiger partial charge < -0.3 is 4.74 Å². The molecule has 0 spiro atoms. The largest absolute Gasteiger partial charge is 0.462 e. The van der Waals surface area contributed by atoms with Crippen LogP contribution < -0.4 is 0 Å². The fourth-order valence-electron chi connectivity index (χ4n) is 1.72. The highest BCUT2D eigenvalue weighted by Crippen LogP contribution is 2.21. The molecule has 0 heterocycles. The molecule has 0 aliphatic heterocycles. The van der Waals surface area contributed by atoms with Crippen molar-refractivity contribution in [3.8, 4) is 0 Å².